The summed E-state index contributed by atoms with van der Waals surface area (Å²) < 4.78 is 40.2. The second kappa shape index (κ2) is 10.2. The van der Waals surface area contributed by atoms with Gasteiger partial charge in [0, 0.05) is 18.1 Å². The largest absolute Gasteiger partial charge is 0.405 e. The van der Waals surface area contributed by atoms with Gasteiger partial charge in [0.05, 0.1) is 6.33 Å². The predicted molar refractivity (Wildman–Crippen MR) is 116 cm³/mol. The van der Waals surface area contributed by atoms with Crippen molar-refractivity contribution in [2.24, 2.45) is 5.73 Å². The Kier molecular flexibility index (Phi) is 8.41. The number of nitrogens with one attached hydrogen (secondary N) is 2. The maximum Gasteiger partial charge on any atom is 0.405 e. The van der Waals surface area contributed by atoms with E-state index in [1.54, 1.807) is 6.33 Å². The molecular weight excluding hydrogens is 442 g/mol. The lowest BCUT2D eigenvalue weighted by molar-refractivity contribution is -0.115. The number of aromatic nitrogens is 4. The number of nitrogens with zero attached hydrogens (tertiary/aromatic N) is 4. The molecule has 170 valence electrons. The second-order valence-corrected chi connectivity index (χ2v) is 7.88. The first-order valence-electron chi connectivity index (χ1n) is 9.96. The lowest BCUT2D eigenvalue weighted by Gasteiger charge is -2.27. The molecule has 0 saturated heterocycles. The van der Waals surface area contributed by atoms with Gasteiger partial charge >= 0.3 is 6.18 Å². The van der Waals surface area contributed by atoms with Gasteiger partial charge in [-0.25, -0.2) is 4.98 Å². The number of rotatable bonds is 5. The molecule has 0 aromatic carbocycles. The van der Waals surface area contributed by atoms with Crippen LogP contribution in [-0.4, -0.2) is 44.3 Å². The molecule has 0 aliphatic heterocycles. The van der Waals surface area contributed by atoms with E-state index in [4.69, 9.17) is 5.73 Å². The number of anilines is 2. The van der Waals surface area contributed by atoms with Crippen molar-refractivity contribution in [3.63, 3.8) is 0 Å². The Hall–Kier alpha value is -1.52. The maximum atomic E-state index is 12.7. The van der Waals surface area contributed by atoms with Crippen molar-refractivity contribution in [1.29, 1.82) is 0 Å². The minimum absolute atomic E-state index is 0. The first-order valence-corrected chi connectivity index (χ1v) is 9.96. The molecule has 0 amide bonds. The van der Waals surface area contributed by atoms with Crippen molar-refractivity contribution in [1.82, 2.24) is 19.5 Å². The Bertz CT molecular complexity index is 816. The van der Waals surface area contributed by atoms with E-state index in [-0.39, 0.29) is 48.8 Å². The van der Waals surface area contributed by atoms with Gasteiger partial charge in [-0.05, 0) is 38.5 Å². The first kappa shape index (κ1) is 24.7. The Morgan fingerprint density at radius 3 is 2.33 bits per heavy atom. The molecule has 0 radical (unpaired) electrons. The molecule has 0 unspecified atom stereocenters. The summed E-state index contributed by atoms with van der Waals surface area (Å²) in [7, 11) is 0. The highest BCUT2D eigenvalue weighted by Crippen LogP contribution is 2.33. The fourth-order valence-corrected chi connectivity index (χ4v) is 4.18. The summed E-state index contributed by atoms with van der Waals surface area (Å²) in [5, 5.41) is 5.70. The van der Waals surface area contributed by atoms with Crippen LogP contribution in [0, 0.1) is 0 Å². The standard InChI is InChI=1S/C18H26F3N7.2ClH/c19-18(20,21)9-23-15-14-16(28(10-24-14)13-3-1-2-4-13)27-17(26-15)25-12-7-5-11(22)6-8-12;;/h10-13H,1-9,22H2,(H2,23,25,26,27);2*1H. The predicted octanol–water partition coefficient (Wildman–Crippen LogP) is 4.44. The number of hydrogen-bond acceptors (Lipinski definition) is 6. The molecule has 2 fully saturated rings. The van der Waals surface area contributed by atoms with Crippen LogP contribution in [0.4, 0.5) is 24.9 Å². The molecule has 0 bridgehead atoms. The van der Waals surface area contributed by atoms with Crippen molar-refractivity contribution in [3.05, 3.63) is 6.33 Å². The van der Waals surface area contributed by atoms with Gasteiger partial charge in [-0.2, -0.15) is 23.1 Å². The molecule has 2 aromatic heterocycles. The molecular formula is C18H28Cl2F3N7. The van der Waals surface area contributed by atoms with Crippen molar-refractivity contribution in [3.8, 4) is 0 Å². The Morgan fingerprint density at radius 1 is 1.03 bits per heavy atom. The van der Waals surface area contributed by atoms with Crippen LogP contribution >= 0.6 is 24.8 Å². The topological polar surface area (TPSA) is 93.7 Å². The molecule has 2 aromatic rings. The molecule has 2 saturated carbocycles. The van der Waals surface area contributed by atoms with Crippen LogP contribution in [-0.2, 0) is 0 Å². The maximum absolute atomic E-state index is 12.7. The van der Waals surface area contributed by atoms with E-state index in [0.29, 0.717) is 17.1 Å². The van der Waals surface area contributed by atoms with Gasteiger partial charge in [-0.3, -0.25) is 0 Å². The number of hydrogen-bond donors (Lipinski definition) is 3. The summed E-state index contributed by atoms with van der Waals surface area (Å²) in [4.78, 5) is 13.3. The molecule has 2 aliphatic carbocycles. The third-order valence-corrected chi connectivity index (χ3v) is 5.70. The van der Waals surface area contributed by atoms with Gasteiger partial charge in [-0.15, -0.1) is 24.8 Å². The minimum atomic E-state index is -4.33. The minimum Gasteiger partial charge on any atom is -0.359 e. The lowest BCUT2D eigenvalue weighted by Crippen LogP contribution is -2.33. The van der Waals surface area contributed by atoms with Gasteiger partial charge in [0.2, 0.25) is 5.95 Å². The fraction of sp³-hybridized carbons (Fsp3) is 0.722. The third kappa shape index (κ3) is 5.79. The van der Waals surface area contributed by atoms with Crippen LogP contribution in [0.25, 0.3) is 11.2 Å². The van der Waals surface area contributed by atoms with Gasteiger partial charge < -0.3 is 20.9 Å². The zero-order chi connectivity index (χ0) is 19.7. The molecule has 2 heterocycles. The quantitative estimate of drug-likeness (QED) is 0.598. The van der Waals surface area contributed by atoms with Gasteiger partial charge in [0.15, 0.2) is 17.0 Å². The van der Waals surface area contributed by atoms with Crippen molar-refractivity contribution in [2.75, 3.05) is 17.2 Å². The van der Waals surface area contributed by atoms with E-state index >= 15 is 0 Å². The Labute approximate surface area is 185 Å². The highest BCUT2D eigenvalue weighted by atomic mass is 35.5. The van der Waals surface area contributed by atoms with E-state index < -0.39 is 12.7 Å². The van der Waals surface area contributed by atoms with Crippen LogP contribution in [0.15, 0.2) is 6.33 Å². The van der Waals surface area contributed by atoms with Crippen LogP contribution in [0.1, 0.15) is 57.4 Å². The Morgan fingerprint density at radius 2 is 1.70 bits per heavy atom. The molecule has 0 atom stereocenters. The molecule has 7 nitrogen and oxygen atoms in total. The van der Waals surface area contributed by atoms with Crippen molar-refractivity contribution >= 4 is 47.7 Å². The van der Waals surface area contributed by atoms with E-state index in [0.717, 1.165) is 51.4 Å². The van der Waals surface area contributed by atoms with E-state index in [2.05, 4.69) is 25.6 Å². The smallest absolute Gasteiger partial charge is 0.359 e. The van der Waals surface area contributed by atoms with Crippen LogP contribution in [0.3, 0.4) is 0 Å². The number of nitrogens with two attached hydrogens (primary N) is 1. The SMILES string of the molecule is Cl.Cl.NC1CCC(Nc2nc(NCC(F)(F)F)c3ncn(C4CCCC4)c3n2)CC1. The van der Waals surface area contributed by atoms with Gasteiger partial charge in [0.25, 0.3) is 0 Å². The second-order valence-electron chi connectivity index (χ2n) is 7.88. The van der Waals surface area contributed by atoms with Crippen molar-refractivity contribution in [2.45, 2.75) is 75.7 Å². The Balaban J connectivity index is 0.00000160. The third-order valence-electron chi connectivity index (χ3n) is 5.70. The van der Waals surface area contributed by atoms with Crippen molar-refractivity contribution < 1.29 is 13.2 Å². The molecule has 4 N–H and O–H groups in total. The van der Waals surface area contributed by atoms with Gasteiger partial charge in [-0.1, -0.05) is 12.8 Å². The summed E-state index contributed by atoms with van der Waals surface area (Å²) in [6.45, 7) is -1.16. The number of imidazole rings is 1. The summed E-state index contributed by atoms with van der Waals surface area (Å²) in [6, 6.07) is 0.681. The normalized spacial score (nSPS) is 22.4. The van der Waals surface area contributed by atoms with Crippen LogP contribution in [0.2, 0.25) is 0 Å². The molecule has 30 heavy (non-hydrogen) atoms. The highest BCUT2D eigenvalue weighted by molar-refractivity contribution is 5.86. The zero-order valence-corrected chi connectivity index (χ0v) is 18.1. The average Bonchev–Trinajstić information content (AvgIpc) is 3.30. The lowest BCUT2D eigenvalue weighted by atomic mass is 9.92. The van der Waals surface area contributed by atoms with Crippen LogP contribution < -0.4 is 16.4 Å². The first-order chi connectivity index (χ1) is 13.4. The number of alkyl halides is 3. The summed E-state index contributed by atoms with van der Waals surface area (Å²) in [6.07, 6.45) is 5.32. The van der Waals surface area contributed by atoms with E-state index in [9.17, 15) is 13.2 Å². The summed E-state index contributed by atoms with van der Waals surface area (Å²) in [5.41, 5.74) is 6.92. The summed E-state index contributed by atoms with van der Waals surface area (Å²) in [5.74, 6) is 0.464. The summed E-state index contributed by atoms with van der Waals surface area (Å²) >= 11 is 0. The van der Waals surface area contributed by atoms with E-state index in [1.165, 1.54) is 0 Å². The van der Waals surface area contributed by atoms with E-state index in [1.807, 2.05) is 4.57 Å². The monoisotopic (exact) mass is 469 g/mol. The van der Waals surface area contributed by atoms with Gasteiger partial charge in [0.1, 0.15) is 6.54 Å². The molecule has 0 spiro atoms. The average molecular weight is 470 g/mol. The fourth-order valence-electron chi connectivity index (χ4n) is 4.18. The number of fused-ring (bicyclic) bond motifs is 1. The highest BCUT2D eigenvalue weighted by Gasteiger charge is 2.29. The zero-order valence-electron chi connectivity index (χ0n) is 16.5. The molecule has 12 heteroatoms. The molecule has 4 rings (SSSR count). The molecule has 2 aliphatic rings. The van der Waals surface area contributed by atoms with Crippen LogP contribution in [0.5, 0.6) is 0 Å². The number of halogens is 5.